The number of carbonyl (C=O) groups excluding carboxylic acids is 1. The molecule has 1 heterocycles. The fourth-order valence-corrected chi connectivity index (χ4v) is 4.24. The third kappa shape index (κ3) is 4.48. The second-order valence-electron chi connectivity index (χ2n) is 6.52. The van der Waals surface area contributed by atoms with E-state index in [0.29, 0.717) is 31.2 Å². The normalized spacial score (nSPS) is 19.2. The summed E-state index contributed by atoms with van der Waals surface area (Å²) in [5, 5.41) is 2.90. The zero-order chi connectivity index (χ0) is 17.7. The summed E-state index contributed by atoms with van der Waals surface area (Å²) in [4.78, 5) is 12.5. The van der Waals surface area contributed by atoms with Crippen LogP contribution in [-0.4, -0.2) is 45.4 Å². The van der Waals surface area contributed by atoms with Gasteiger partial charge in [-0.15, -0.1) is 0 Å². The SMILES string of the molecule is COc1ccc(S(=O)(=O)N2CCC[C@H](C(=O)NCC(C)C)C2)cc1. The van der Waals surface area contributed by atoms with E-state index in [9.17, 15) is 13.2 Å². The van der Waals surface area contributed by atoms with Gasteiger partial charge < -0.3 is 10.1 Å². The molecule has 0 bridgehead atoms. The molecule has 0 spiro atoms. The number of hydrogen-bond donors (Lipinski definition) is 1. The van der Waals surface area contributed by atoms with E-state index in [4.69, 9.17) is 4.74 Å². The molecule has 1 aromatic rings. The van der Waals surface area contributed by atoms with Gasteiger partial charge in [0.1, 0.15) is 5.75 Å². The third-order valence-electron chi connectivity index (χ3n) is 4.14. The molecule has 0 aliphatic carbocycles. The van der Waals surface area contributed by atoms with Crippen molar-refractivity contribution >= 4 is 15.9 Å². The number of nitrogens with one attached hydrogen (secondary N) is 1. The van der Waals surface area contributed by atoms with Crippen LogP contribution in [0.1, 0.15) is 26.7 Å². The third-order valence-corrected chi connectivity index (χ3v) is 6.02. The van der Waals surface area contributed by atoms with Crippen LogP contribution in [0, 0.1) is 11.8 Å². The first-order valence-corrected chi connectivity index (χ1v) is 9.70. The van der Waals surface area contributed by atoms with Crippen molar-refractivity contribution in [3.8, 4) is 5.75 Å². The number of amides is 1. The van der Waals surface area contributed by atoms with E-state index >= 15 is 0 Å². The van der Waals surface area contributed by atoms with E-state index in [-0.39, 0.29) is 23.3 Å². The van der Waals surface area contributed by atoms with Crippen molar-refractivity contribution in [2.75, 3.05) is 26.7 Å². The number of carbonyl (C=O) groups is 1. The molecule has 0 unspecified atom stereocenters. The first kappa shape index (κ1) is 18.7. The maximum atomic E-state index is 12.8. The highest BCUT2D eigenvalue weighted by atomic mass is 32.2. The lowest BCUT2D eigenvalue weighted by Gasteiger charge is -2.31. The van der Waals surface area contributed by atoms with Crippen molar-refractivity contribution in [2.45, 2.75) is 31.6 Å². The fraction of sp³-hybridized carbons (Fsp3) is 0.588. The topological polar surface area (TPSA) is 75.7 Å². The summed E-state index contributed by atoms with van der Waals surface area (Å²) in [5.41, 5.74) is 0. The van der Waals surface area contributed by atoms with Gasteiger partial charge >= 0.3 is 0 Å². The maximum absolute atomic E-state index is 12.8. The molecule has 0 aromatic heterocycles. The predicted octanol–water partition coefficient (Wildman–Crippen LogP) is 1.87. The van der Waals surface area contributed by atoms with E-state index in [1.807, 2.05) is 13.8 Å². The lowest BCUT2D eigenvalue weighted by atomic mass is 9.98. The summed E-state index contributed by atoms with van der Waals surface area (Å²) in [7, 11) is -2.05. The second-order valence-corrected chi connectivity index (χ2v) is 8.45. The number of benzene rings is 1. The van der Waals surface area contributed by atoms with Crippen molar-refractivity contribution in [3.05, 3.63) is 24.3 Å². The minimum absolute atomic E-state index is 0.0571. The highest BCUT2D eigenvalue weighted by Crippen LogP contribution is 2.25. The molecular formula is C17H26N2O4S. The van der Waals surface area contributed by atoms with Gasteiger partial charge in [0.05, 0.1) is 17.9 Å². The molecule has 134 valence electrons. The van der Waals surface area contributed by atoms with Crippen LogP contribution >= 0.6 is 0 Å². The van der Waals surface area contributed by atoms with Crippen molar-refractivity contribution < 1.29 is 17.9 Å². The summed E-state index contributed by atoms with van der Waals surface area (Å²) < 4.78 is 32.0. The summed E-state index contributed by atoms with van der Waals surface area (Å²) >= 11 is 0. The lowest BCUT2D eigenvalue weighted by molar-refractivity contribution is -0.126. The lowest BCUT2D eigenvalue weighted by Crippen LogP contribution is -2.45. The van der Waals surface area contributed by atoms with Gasteiger partial charge in [0, 0.05) is 19.6 Å². The van der Waals surface area contributed by atoms with Gasteiger partial charge in [-0.2, -0.15) is 4.31 Å². The quantitative estimate of drug-likeness (QED) is 0.846. The molecule has 2 rings (SSSR count). The molecule has 6 nitrogen and oxygen atoms in total. The highest BCUT2D eigenvalue weighted by Gasteiger charge is 2.33. The van der Waals surface area contributed by atoms with Crippen LogP contribution in [0.5, 0.6) is 5.75 Å². The van der Waals surface area contributed by atoms with E-state index in [1.165, 1.54) is 23.5 Å². The Hall–Kier alpha value is -1.60. The fourth-order valence-electron chi connectivity index (χ4n) is 2.72. The van der Waals surface area contributed by atoms with Crippen molar-refractivity contribution in [3.63, 3.8) is 0 Å². The average molecular weight is 354 g/mol. The first-order valence-electron chi connectivity index (χ1n) is 8.26. The molecule has 1 atom stereocenters. The second kappa shape index (κ2) is 7.98. The van der Waals surface area contributed by atoms with Gasteiger partial charge in [-0.25, -0.2) is 8.42 Å². The molecule has 1 aliphatic heterocycles. The highest BCUT2D eigenvalue weighted by molar-refractivity contribution is 7.89. The Kier molecular flexibility index (Phi) is 6.23. The Morgan fingerprint density at radius 3 is 2.58 bits per heavy atom. The number of hydrogen-bond acceptors (Lipinski definition) is 4. The molecule has 1 N–H and O–H groups in total. The minimum atomic E-state index is -3.59. The molecule has 1 aliphatic rings. The molecule has 7 heteroatoms. The van der Waals surface area contributed by atoms with Crippen LogP contribution in [0.4, 0.5) is 0 Å². The molecule has 1 amide bonds. The van der Waals surface area contributed by atoms with Crippen LogP contribution in [0.2, 0.25) is 0 Å². The predicted molar refractivity (Wildman–Crippen MR) is 92.3 cm³/mol. The van der Waals surface area contributed by atoms with Crippen LogP contribution in [0.25, 0.3) is 0 Å². The Labute approximate surface area is 144 Å². The summed E-state index contributed by atoms with van der Waals surface area (Å²) in [6.45, 7) is 5.35. The molecular weight excluding hydrogens is 328 g/mol. The van der Waals surface area contributed by atoms with Gasteiger partial charge in [-0.3, -0.25) is 4.79 Å². The molecule has 0 saturated carbocycles. The van der Waals surface area contributed by atoms with Crippen LogP contribution < -0.4 is 10.1 Å². The van der Waals surface area contributed by atoms with E-state index in [0.717, 1.165) is 6.42 Å². The zero-order valence-corrected chi connectivity index (χ0v) is 15.3. The summed E-state index contributed by atoms with van der Waals surface area (Å²) in [6, 6.07) is 6.33. The summed E-state index contributed by atoms with van der Waals surface area (Å²) in [6.07, 6.45) is 1.41. The first-order chi connectivity index (χ1) is 11.3. The number of sulfonamides is 1. The van der Waals surface area contributed by atoms with Gasteiger partial charge in [0.2, 0.25) is 15.9 Å². The monoisotopic (exact) mass is 354 g/mol. The number of piperidine rings is 1. The molecule has 1 saturated heterocycles. The van der Waals surface area contributed by atoms with E-state index in [1.54, 1.807) is 12.1 Å². The van der Waals surface area contributed by atoms with Crippen molar-refractivity contribution in [2.24, 2.45) is 11.8 Å². The van der Waals surface area contributed by atoms with Crippen LogP contribution in [-0.2, 0) is 14.8 Å². The largest absolute Gasteiger partial charge is 0.497 e. The Morgan fingerprint density at radius 2 is 2.00 bits per heavy atom. The van der Waals surface area contributed by atoms with E-state index < -0.39 is 10.0 Å². The molecule has 1 fully saturated rings. The number of nitrogens with zero attached hydrogens (tertiary/aromatic N) is 1. The Morgan fingerprint density at radius 1 is 1.33 bits per heavy atom. The number of rotatable bonds is 6. The number of methoxy groups -OCH3 is 1. The minimum Gasteiger partial charge on any atom is -0.497 e. The Balaban J connectivity index is 2.08. The maximum Gasteiger partial charge on any atom is 0.243 e. The van der Waals surface area contributed by atoms with E-state index in [2.05, 4.69) is 5.32 Å². The van der Waals surface area contributed by atoms with Crippen LogP contribution in [0.15, 0.2) is 29.2 Å². The van der Waals surface area contributed by atoms with Crippen LogP contribution in [0.3, 0.4) is 0 Å². The van der Waals surface area contributed by atoms with Gasteiger partial charge in [-0.1, -0.05) is 13.8 Å². The molecule has 24 heavy (non-hydrogen) atoms. The van der Waals surface area contributed by atoms with Crippen molar-refractivity contribution in [1.82, 2.24) is 9.62 Å². The van der Waals surface area contributed by atoms with Gasteiger partial charge in [0.15, 0.2) is 0 Å². The standard InChI is InChI=1S/C17H26N2O4S/c1-13(2)11-18-17(20)14-5-4-10-19(12-14)24(21,22)16-8-6-15(23-3)7-9-16/h6-9,13-14H,4-5,10-12H2,1-3H3,(H,18,20)/t14-/m0/s1. The van der Waals surface area contributed by atoms with Gasteiger partial charge in [0.25, 0.3) is 0 Å². The number of ether oxygens (including phenoxy) is 1. The van der Waals surface area contributed by atoms with Crippen molar-refractivity contribution in [1.29, 1.82) is 0 Å². The zero-order valence-electron chi connectivity index (χ0n) is 14.5. The average Bonchev–Trinajstić information content (AvgIpc) is 2.59. The molecule has 1 aromatic carbocycles. The Bertz CT molecular complexity index is 656. The summed E-state index contributed by atoms with van der Waals surface area (Å²) in [5.74, 6) is 0.638. The van der Waals surface area contributed by atoms with Gasteiger partial charge in [-0.05, 0) is 43.0 Å². The smallest absolute Gasteiger partial charge is 0.243 e. The molecule has 0 radical (unpaired) electrons.